The third-order valence-corrected chi connectivity index (χ3v) is 4.69. The SMILES string of the molecule is COc1csc(C(Cc2ccc(Cl)s2)NN)c1. The highest BCUT2D eigenvalue weighted by Crippen LogP contribution is 2.31. The van der Waals surface area contributed by atoms with Crippen LogP contribution in [0.15, 0.2) is 23.6 Å². The van der Waals surface area contributed by atoms with Crippen molar-refractivity contribution in [3.63, 3.8) is 0 Å². The zero-order valence-corrected chi connectivity index (χ0v) is 11.7. The quantitative estimate of drug-likeness (QED) is 0.656. The van der Waals surface area contributed by atoms with Gasteiger partial charge in [-0.15, -0.1) is 22.7 Å². The van der Waals surface area contributed by atoms with Crippen molar-refractivity contribution >= 4 is 34.3 Å². The molecule has 3 N–H and O–H groups in total. The molecule has 0 aliphatic carbocycles. The van der Waals surface area contributed by atoms with Gasteiger partial charge in [0, 0.05) is 21.6 Å². The second-order valence-electron chi connectivity index (χ2n) is 3.52. The van der Waals surface area contributed by atoms with Crippen molar-refractivity contribution in [1.82, 2.24) is 5.43 Å². The van der Waals surface area contributed by atoms with E-state index < -0.39 is 0 Å². The number of hydrazine groups is 1. The average Bonchev–Trinajstić information content (AvgIpc) is 2.94. The largest absolute Gasteiger partial charge is 0.496 e. The summed E-state index contributed by atoms with van der Waals surface area (Å²) in [5, 5.41) is 1.97. The van der Waals surface area contributed by atoms with E-state index in [4.69, 9.17) is 22.2 Å². The number of methoxy groups -OCH3 is 1. The van der Waals surface area contributed by atoms with E-state index in [1.807, 2.05) is 23.6 Å². The van der Waals surface area contributed by atoms with Gasteiger partial charge >= 0.3 is 0 Å². The fourth-order valence-corrected chi connectivity index (χ4v) is 3.58. The van der Waals surface area contributed by atoms with Gasteiger partial charge in [-0.1, -0.05) is 11.6 Å². The Morgan fingerprint density at radius 2 is 2.35 bits per heavy atom. The van der Waals surface area contributed by atoms with Crippen LogP contribution in [-0.4, -0.2) is 7.11 Å². The summed E-state index contributed by atoms with van der Waals surface area (Å²) in [7, 11) is 1.66. The molecule has 1 atom stereocenters. The molecule has 0 radical (unpaired) electrons. The number of hydrogen-bond donors (Lipinski definition) is 2. The van der Waals surface area contributed by atoms with Crippen molar-refractivity contribution < 1.29 is 4.74 Å². The summed E-state index contributed by atoms with van der Waals surface area (Å²) in [6.45, 7) is 0. The standard InChI is InChI=1S/C11H13ClN2OS2/c1-15-7-4-10(16-6-7)9(14-13)5-8-2-3-11(12)17-8/h2-4,6,9,14H,5,13H2,1H3. The molecule has 2 heterocycles. The van der Waals surface area contributed by atoms with Crippen LogP contribution in [0.25, 0.3) is 0 Å². The first kappa shape index (κ1) is 12.9. The summed E-state index contributed by atoms with van der Waals surface area (Å²) < 4.78 is 5.97. The van der Waals surface area contributed by atoms with E-state index in [-0.39, 0.29) is 6.04 Å². The minimum Gasteiger partial charge on any atom is -0.496 e. The molecule has 0 aliphatic heterocycles. The molecule has 92 valence electrons. The van der Waals surface area contributed by atoms with Gasteiger partial charge in [-0.05, 0) is 18.2 Å². The number of halogens is 1. The van der Waals surface area contributed by atoms with Crippen LogP contribution in [0.4, 0.5) is 0 Å². The van der Waals surface area contributed by atoms with Gasteiger partial charge in [0.2, 0.25) is 0 Å². The van der Waals surface area contributed by atoms with E-state index in [0.29, 0.717) is 0 Å². The summed E-state index contributed by atoms with van der Waals surface area (Å²) in [4.78, 5) is 2.37. The average molecular weight is 289 g/mol. The molecule has 17 heavy (non-hydrogen) atoms. The Balaban J connectivity index is 2.10. The second kappa shape index (κ2) is 5.84. The summed E-state index contributed by atoms with van der Waals surface area (Å²) in [6.07, 6.45) is 0.831. The van der Waals surface area contributed by atoms with Gasteiger partial charge in [-0.2, -0.15) is 0 Å². The Hall–Kier alpha value is -0.590. The Labute approximate surface area is 113 Å². The van der Waals surface area contributed by atoms with Crippen molar-refractivity contribution in [2.75, 3.05) is 7.11 Å². The molecular formula is C11H13ClN2OS2. The summed E-state index contributed by atoms with van der Waals surface area (Å²) in [5.74, 6) is 6.47. The van der Waals surface area contributed by atoms with E-state index in [9.17, 15) is 0 Å². The van der Waals surface area contributed by atoms with Gasteiger partial charge in [0.1, 0.15) is 5.75 Å². The smallest absolute Gasteiger partial charge is 0.129 e. The van der Waals surface area contributed by atoms with E-state index >= 15 is 0 Å². The van der Waals surface area contributed by atoms with E-state index in [1.165, 1.54) is 4.88 Å². The van der Waals surface area contributed by atoms with Crippen LogP contribution < -0.4 is 16.0 Å². The molecule has 0 saturated carbocycles. The molecular weight excluding hydrogens is 276 g/mol. The van der Waals surface area contributed by atoms with Crippen molar-refractivity contribution in [2.45, 2.75) is 12.5 Å². The molecule has 0 spiro atoms. The minimum absolute atomic E-state index is 0.0959. The molecule has 6 heteroatoms. The number of thiophene rings is 2. The lowest BCUT2D eigenvalue weighted by Gasteiger charge is -2.12. The third-order valence-electron chi connectivity index (χ3n) is 2.41. The zero-order chi connectivity index (χ0) is 12.3. The monoisotopic (exact) mass is 288 g/mol. The van der Waals surface area contributed by atoms with Crippen LogP contribution in [0.3, 0.4) is 0 Å². The van der Waals surface area contributed by atoms with Crippen molar-refractivity contribution in [3.05, 3.63) is 37.7 Å². The second-order valence-corrected chi connectivity index (χ2v) is 6.26. The zero-order valence-electron chi connectivity index (χ0n) is 9.27. The van der Waals surface area contributed by atoms with Crippen molar-refractivity contribution in [2.24, 2.45) is 5.84 Å². The normalized spacial score (nSPS) is 12.6. The van der Waals surface area contributed by atoms with Gasteiger partial charge < -0.3 is 4.74 Å². The molecule has 1 unspecified atom stereocenters. The highest BCUT2D eigenvalue weighted by Gasteiger charge is 2.14. The van der Waals surface area contributed by atoms with Crippen LogP contribution in [0, 0.1) is 0 Å². The lowest BCUT2D eigenvalue weighted by molar-refractivity contribution is 0.415. The molecule has 2 aromatic rings. The highest BCUT2D eigenvalue weighted by atomic mass is 35.5. The van der Waals surface area contributed by atoms with Crippen LogP contribution >= 0.6 is 34.3 Å². The van der Waals surface area contributed by atoms with Crippen LogP contribution in [0.5, 0.6) is 5.75 Å². The van der Waals surface area contributed by atoms with Gasteiger partial charge in [-0.25, -0.2) is 0 Å². The first-order chi connectivity index (χ1) is 8.22. The molecule has 0 aromatic carbocycles. The molecule has 0 fully saturated rings. The van der Waals surface area contributed by atoms with E-state index in [0.717, 1.165) is 21.4 Å². The maximum Gasteiger partial charge on any atom is 0.129 e. The summed E-state index contributed by atoms with van der Waals surface area (Å²) in [6, 6.07) is 6.04. The minimum atomic E-state index is 0.0959. The van der Waals surface area contributed by atoms with Crippen molar-refractivity contribution in [3.8, 4) is 5.75 Å². The van der Waals surface area contributed by atoms with Crippen LogP contribution in [0.2, 0.25) is 4.34 Å². The number of nitrogens with two attached hydrogens (primary N) is 1. The third kappa shape index (κ3) is 3.20. The summed E-state index contributed by atoms with van der Waals surface area (Å²) in [5.41, 5.74) is 2.83. The Morgan fingerprint density at radius 1 is 1.53 bits per heavy atom. The maximum absolute atomic E-state index is 5.91. The molecule has 0 bridgehead atoms. The first-order valence-electron chi connectivity index (χ1n) is 5.05. The van der Waals surface area contributed by atoms with Crippen molar-refractivity contribution in [1.29, 1.82) is 0 Å². The fraction of sp³-hybridized carbons (Fsp3) is 0.273. The lowest BCUT2D eigenvalue weighted by atomic mass is 10.1. The summed E-state index contributed by atoms with van der Waals surface area (Å²) >= 11 is 9.13. The number of ether oxygens (including phenoxy) is 1. The van der Waals surface area contributed by atoms with Gasteiger partial charge in [0.15, 0.2) is 0 Å². The van der Waals surface area contributed by atoms with Crippen LogP contribution in [0.1, 0.15) is 15.8 Å². The topological polar surface area (TPSA) is 47.3 Å². The lowest BCUT2D eigenvalue weighted by Crippen LogP contribution is -2.28. The first-order valence-corrected chi connectivity index (χ1v) is 7.13. The predicted octanol–water partition coefficient (Wildman–Crippen LogP) is 3.22. The Bertz CT molecular complexity index is 483. The molecule has 0 amide bonds. The predicted molar refractivity (Wildman–Crippen MR) is 74.0 cm³/mol. The number of nitrogens with one attached hydrogen (secondary N) is 1. The molecule has 0 saturated heterocycles. The highest BCUT2D eigenvalue weighted by molar-refractivity contribution is 7.16. The van der Waals surface area contributed by atoms with Crippen LogP contribution in [-0.2, 0) is 6.42 Å². The molecule has 3 nitrogen and oxygen atoms in total. The van der Waals surface area contributed by atoms with E-state index in [2.05, 4.69) is 5.43 Å². The van der Waals surface area contributed by atoms with Gasteiger partial charge in [0.05, 0.1) is 17.5 Å². The number of hydrogen-bond acceptors (Lipinski definition) is 5. The molecule has 2 rings (SSSR count). The Morgan fingerprint density at radius 3 is 2.88 bits per heavy atom. The van der Waals surface area contributed by atoms with Gasteiger partial charge in [-0.3, -0.25) is 11.3 Å². The Kier molecular flexibility index (Phi) is 4.42. The number of rotatable bonds is 5. The fourth-order valence-electron chi connectivity index (χ4n) is 1.53. The molecule has 0 aliphatic rings. The van der Waals surface area contributed by atoms with E-state index in [1.54, 1.807) is 29.8 Å². The van der Waals surface area contributed by atoms with Gasteiger partial charge in [0.25, 0.3) is 0 Å². The molecule has 2 aromatic heterocycles. The maximum atomic E-state index is 5.91.